The van der Waals surface area contributed by atoms with E-state index in [1.165, 1.54) is 6.20 Å². The highest BCUT2D eigenvalue weighted by molar-refractivity contribution is 9.10. The average Bonchev–Trinajstić information content (AvgIpc) is 2.34. The largest absolute Gasteiger partial charge is 0.454 e. The van der Waals surface area contributed by atoms with E-state index >= 15 is 0 Å². The first-order valence-corrected chi connectivity index (χ1v) is 6.33. The van der Waals surface area contributed by atoms with Gasteiger partial charge in [0, 0.05) is 16.7 Å². The van der Waals surface area contributed by atoms with Crippen LogP contribution in [0.3, 0.4) is 0 Å². The van der Waals surface area contributed by atoms with Crippen LogP contribution in [0.5, 0.6) is 11.5 Å². The summed E-state index contributed by atoms with van der Waals surface area (Å²) in [7, 11) is 0. The lowest BCUT2D eigenvalue weighted by molar-refractivity contribution is 0.478. The lowest BCUT2D eigenvalue weighted by atomic mass is 10.3. The van der Waals surface area contributed by atoms with E-state index in [1.807, 2.05) is 6.07 Å². The van der Waals surface area contributed by atoms with Gasteiger partial charge in [0.05, 0.1) is 10.0 Å². The first kappa shape index (κ1) is 13.2. The minimum atomic E-state index is 0.198. The van der Waals surface area contributed by atoms with Crippen LogP contribution in [-0.4, -0.2) is 4.98 Å². The van der Waals surface area contributed by atoms with Gasteiger partial charge in [0.1, 0.15) is 11.8 Å². The molecule has 0 unspecified atom stereocenters. The third-order valence-electron chi connectivity index (χ3n) is 2.04. The molecule has 18 heavy (non-hydrogen) atoms. The molecule has 0 spiro atoms. The molecule has 1 aromatic carbocycles. The molecule has 3 nitrogen and oxygen atoms in total. The molecule has 0 aliphatic carbocycles. The van der Waals surface area contributed by atoms with E-state index in [-0.39, 0.29) is 5.69 Å². The molecular weight excluding hydrogens is 339 g/mol. The Labute approximate surface area is 122 Å². The standard InChI is InChI=1S/C12H5BrCl2N2O/c13-7-3-12(11(5-16)17-6-7)18-8-1-2-9(14)10(15)4-8/h1-4,6H. The van der Waals surface area contributed by atoms with E-state index in [4.69, 9.17) is 33.2 Å². The van der Waals surface area contributed by atoms with Crippen LogP contribution in [0.2, 0.25) is 10.0 Å². The van der Waals surface area contributed by atoms with Crippen LogP contribution in [0.15, 0.2) is 34.9 Å². The molecule has 2 aromatic rings. The summed E-state index contributed by atoms with van der Waals surface area (Å²) in [5.41, 5.74) is 0.198. The Morgan fingerprint density at radius 3 is 2.67 bits per heavy atom. The van der Waals surface area contributed by atoms with Crippen LogP contribution in [0.1, 0.15) is 5.69 Å². The van der Waals surface area contributed by atoms with Gasteiger partial charge < -0.3 is 4.74 Å². The summed E-state index contributed by atoms with van der Waals surface area (Å²) in [6.45, 7) is 0. The molecule has 90 valence electrons. The van der Waals surface area contributed by atoms with Crippen molar-refractivity contribution in [1.82, 2.24) is 4.98 Å². The van der Waals surface area contributed by atoms with E-state index in [9.17, 15) is 0 Å². The van der Waals surface area contributed by atoms with Crippen molar-refractivity contribution in [1.29, 1.82) is 5.26 Å². The molecule has 0 fully saturated rings. The normalized spacial score (nSPS) is 9.89. The summed E-state index contributed by atoms with van der Waals surface area (Å²) in [4.78, 5) is 3.94. The van der Waals surface area contributed by atoms with E-state index in [2.05, 4.69) is 20.9 Å². The number of ether oxygens (including phenoxy) is 1. The molecular formula is C12H5BrCl2N2O. The number of nitrogens with zero attached hydrogens (tertiary/aromatic N) is 2. The van der Waals surface area contributed by atoms with Crippen molar-refractivity contribution in [2.45, 2.75) is 0 Å². The molecule has 0 amide bonds. The van der Waals surface area contributed by atoms with E-state index in [0.717, 1.165) is 4.47 Å². The zero-order valence-corrected chi connectivity index (χ0v) is 11.9. The number of halogens is 3. The third kappa shape index (κ3) is 2.94. The van der Waals surface area contributed by atoms with E-state index in [0.29, 0.717) is 21.5 Å². The quantitative estimate of drug-likeness (QED) is 0.785. The third-order valence-corrected chi connectivity index (χ3v) is 3.22. The number of rotatable bonds is 2. The molecule has 0 aliphatic rings. The van der Waals surface area contributed by atoms with Crippen molar-refractivity contribution in [3.8, 4) is 17.6 Å². The van der Waals surface area contributed by atoms with Crippen LogP contribution in [0.25, 0.3) is 0 Å². The Morgan fingerprint density at radius 2 is 2.00 bits per heavy atom. The molecule has 2 rings (SSSR count). The minimum Gasteiger partial charge on any atom is -0.454 e. The molecule has 6 heteroatoms. The second kappa shape index (κ2) is 5.57. The van der Waals surface area contributed by atoms with Gasteiger partial charge in [-0.2, -0.15) is 5.26 Å². The smallest absolute Gasteiger partial charge is 0.183 e. The van der Waals surface area contributed by atoms with Gasteiger partial charge in [-0.3, -0.25) is 0 Å². The van der Waals surface area contributed by atoms with Crippen LogP contribution < -0.4 is 4.74 Å². The van der Waals surface area contributed by atoms with E-state index in [1.54, 1.807) is 24.3 Å². The first-order valence-electron chi connectivity index (χ1n) is 4.78. The average molecular weight is 344 g/mol. The summed E-state index contributed by atoms with van der Waals surface area (Å²) < 4.78 is 6.28. The topological polar surface area (TPSA) is 45.9 Å². The zero-order chi connectivity index (χ0) is 13.1. The summed E-state index contributed by atoms with van der Waals surface area (Å²) >= 11 is 15.0. The molecule has 0 bridgehead atoms. The predicted molar refractivity (Wildman–Crippen MR) is 73.2 cm³/mol. The molecule has 0 atom stereocenters. The molecule has 0 radical (unpaired) electrons. The van der Waals surface area contributed by atoms with E-state index < -0.39 is 0 Å². The number of nitriles is 1. The zero-order valence-electron chi connectivity index (χ0n) is 8.82. The summed E-state index contributed by atoms with van der Waals surface area (Å²) in [6.07, 6.45) is 1.53. The maximum atomic E-state index is 8.93. The monoisotopic (exact) mass is 342 g/mol. The Kier molecular flexibility index (Phi) is 4.07. The van der Waals surface area contributed by atoms with Crippen LogP contribution in [0.4, 0.5) is 0 Å². The van der Waals surface area contributed by atoms with Crippen LogP contribution in [-0.2, 0) is 0 Å². The van der Waals surface area contributed by atoms with Crippen molar-refractivity contribution in [2.24, 2.45) is 0 Å². The SMILES string of the molecule is N#Cc1ncc(Br)cc1Oc1ccc(Cl)c(Cl)c1. The Morgan fingerprint density at radius 1 is 1.22 bits per heavy atom. The number of hydrogen-bond acceptors (Lipinski definition) is 3. The highest BCUT2D eigenvalue weighted by atomic mass is 79.9. The summed E-state index contributed by atoms with van der Waals surface area (Å²) in [5.74, 6) is 0.839. The molecule has 0 saturated carbocycles. The van der Waals surface area contributed by atoms with Gasteiger partial charge in [0.25, 0.3) is 0 Å². The van der Waals surface area contributed by atoms with Crippen LogP contribution in [0, 0.1) is 11.3 Å². The molecule has 1 aromatic heterocycles. The van der Waals surface area contributed by atoms with Gasteiger partial charge in [0.15, 0.2) is 11.4 Å². The molecule has 0 aliphatic heterocycles. The second-order valence-electron chi connectivity index (χ2n) is 3.29. The maximum Gasteiger partial charge on any atom is 0.183 e. The maximum absolute atomic E-state index is 8.93. The van der Waals surface area contributed by atoms with Crippen molar-refractivity contribution < 1.29 is 4.74 Å². The number of hydrogen-bond donors (Lipinski definition) is 0. The Hall–Kier alpha value is -1.28. The van der Waals surface area contributed by atoms with Gasteiger partial charge in [-0.1, -0.05) is 23.2 Å². The van der Waals surface area contributed by atoms with Crippen molar-refractivity contribution in [3.63, 3.8) is 0 Å². The number of pyridine rings is 1. The van der Waals surface area contributed by atoms with Gasteiger partial charge in [-0.15, -0.1) is 0 Å². The minimum absolute atomic E-state index is 0.198. The highest BCUT2D eigenvalue weighted by Gasteiger charge is 2.08. The number of benzene rings is 1. The fraction of sp³-hybridized carbons (Fsp3) is 0. The van der Waals surface area contributed by atoms with Gasteiger partial charge in [0.2, 0.25) is 0 Å². The van der Waals surface area contributed by atoms with Gasteiger partial charge in [-0.25, -0.2) is 4.98 Å². The van der Waals surface area contributed by atoms with Gasteiger partial charge in [-0.05, 0) is 34.1 Å². The first-order chi connectivity index (χ1) is 8.60. The van der Waals surface area contributed by atoms with Crippen molar-refractivity contribution in [2.75, 3.05) is 0 Å². The fourth-order valence-corrected chi connectivity index (χ4v) is 1.85. The van der Waals surface area contributed by atoms with Gasteiger partial charge >= 0.3 is 0 Å². The van der Waals surface area contributed by atoms with Crippen molar-refractivity contribution >= 4 is 39.1 Å². The summed E-state index contributed by atoms with van der Waals surface area (Å²) in [5, 5.41) is 9.76. The van der Waals surface area contributed by atoms with Crippen molar-refractivity contribution in [3.05, 3.63) is 50.7 Å². The Balaban J connectivity index is 2.36. The predicted octanol–water partition coefficient (Wildman–Crippen LogP) is 4.81. The summed E-state index contributed by atoms with van der Waals surface area (Å²) in [6, 6.07) is 8.47. The lowest BCUT2D eigenvalue weighted by Gasteiger charge is -2.07. The highest BCUT2D eigenvalue weighted by Crippen LogP contribution is 2.31. The second-order valence-corrected chi connectivity index (χ2v) is 5.02. The number of aromatic nitrogens is 1. The van der Waals surface area contributed by atoms with Crippen LogP contribution >= 0.6 is 39.1 Å². The fourth-order valence-electron chi connectivity index (χ4n) is 1.25. The Bertz CT molecular complexity index is 640. The lowest BCUT2D eigenvalue weighted by Crippen LogP contribution is -1.91. The molecule has 1 heterocycles. The molecule has 0 saturated heterocycles. The molecule has 0 N–H and O–H groups in total.